The van der Waals surface area contributed by atoms with E-state index in [9.17, 15) is 4.39 Å². The number of anilines is 4. The van der Waals surface area contributed by atoms with Gasteiger partial charge in [-0.2, -0.15) is 0 Å². The second-order valence-electron chi connectivity index (χ2n) is 5.71. The summed E-state index contributed by atoms with van der Waals surface area (Å²) in [6, 6.07) is 14.1. The minimum Gasteiger partial charge on any atom is -0.340 e. The van der Waals surface area contributed by atoms with Crippen LogP contribution in [0.25, 0.3) is 0 Å². The first-order chi connectivity index (χ1) is 11.5. The summed E-state index contributed by atoms with van der Waals surface area (Å²) in [6.45, 7) is 5.95. The minimum atomic E-state index is -0.267. The molecule has 24 heavy (non-hydrogen) atoms. The van der Waals surface area contributed by atoms with Crippen LogP contribution in [0.3, 0.4) is 0 Å². The van der Waals surface area contributed by atoms with Crippen molar-refractivity contribution in [3.8, 4) is 0 Å². The summed E-state index contributed by atoms with van der Waals surface area (Å²) in [5.41, 5.74) is 4.12. The molecule has 0 aliphatic rings. The van der Waals surface area contributed by atoms with Gasteiger partial charge in [0.25, 0.3) is 0 Å². The molecule has 0 saturated heterocycles. The van der Waals surface area contributed by atoms with E-state index in [0.717, 1.165) is 22.5 Å². The molecule has 3 rings (SSSR count). The highest BCUT2D eigenvalue weighted by Crippen LogP contribution is 2.25. The number of aryl methyl sites for hydroxylation is 3. The van der Waals surface area contributed by atoms with Crippen LogP contribution in [0.4, 0.5) is 27.4 Å². The summed E-state index contributed by atoms with van der Waals surface area (Å²) in [6.07, 6.45) is 0. The molecular formula is C19H19FN4. The number of benzene rings is 2. The Morgan fingerprint density at radius 1 is 0.792 bits per heavy atom. The molecule has 122 valence electrons. The van der Waals surface area contributed by atoms with Crippen LogP contribution in [0.2, 0.25) is 0 Å². The molecule has 0 aliphatic carbocycles. The standard InChI is InChI=1S/C19H19FN4/c1-12-5-4-6-13(2)19(12)24-18-11-17(21-14(3)22-18)23-16-9-7-15(20)8-10-16/h4-11H,1-3H3,(H2,21,22,23,24). The maximum Gasteiger partial charge on any atom is 0.136 e. The Morgan fingerprint density at radius 3 is 2.00 bits per heavy atom. The van der Waals surface area contributed by atoms with Gasteiger partial charge in [-0.05, 0) is 56.2 Å². The third-order valence-electron chi connectivity index (χ3n) is 3.69. The van der Waals surface area contributed by atoms with Gasteiger partial charge >= 0.3 is 0 Å². The lowest BCUT2D eigenvalue weighted by molar-refractivity contribution is 0.628. The fraction of sp³-hybridized carbons (Fsp3) is 0.158. The number of hydrogen-bond acceptors (Lipinski definition) is 4. The van der Waals surface area contributed by atoms with Gasteiger partial charge in [0.15, 0.2) is 0 Å². The van der Waals surface area contributed by atoms with Crippen molar-refractivity contribution in [2.45, 2.75) is 20.8 Å². The van der Waals surface area contributed by atoms with Crippen LogP contribution in [-0.4, -0.2) is 9.97 Å². The number of hydrogen-bond donors (Lipinski definition) is 2. The van der Waals surface area contributed by atoms with E-state index in [-0.39, 0.29) is 5.82 Å². The summed E-state index contributed by atoms with van der Waals surface area (Å²) < 4.78 is 13.0. The van der Waals surface area contributed by atoms with Gasteiger partial charge < -0.3 is 10.6 Å². The van der Waals surface area contributed by atoms with E-state index in [4.69, 9.17) is 0 Å². The summed E-state index contributed by atoms with van der Waals surface area (Å²) in [5.74, 6) is 1.75. The molecule has 1 heterocycles. The van der Waals surface area contributed by atoms with Crippen LogP contribution in [0, 0.1) is 26.6 Å². The maximum atomic E-state index is 13.0. The smallest absolute Gasteiger partial charge is 0.136 e. The average Bonchev–Trinajstić information content (AvgIpc) is 2.53. The van der Waals surface area contributed by atoms with Crippen molar-refractivity contribution in [1.82, 2.24) is 9.97 Å². The van der Waals surface area contributed by atoms with Crippen LogP contribution < -0.4 is 10.6 Å². The fourth-order valence-electron chi connectivity index (χ4n) is 2.52. The zero-order valence-corrected chi connectivity index (χ0v) is 13.9. The van der Waals surface area contributed by atoms with Crippen molar-refractivity contribution in [2.24, 2.45) is 0 Å². The van der Waals surface area contributed by atoms with Crippen molar-refractivity contribution < 1.29 is 4.39 Å². The van der Waals surface area contributed by atoms with E-state index in [0.29, 0.717) is 17.5 Å². The van der Waals surface area contributed by atoms with Crippen LogP contribution in [0.5, 0.6) is 0 Å². The van der Waals surface area contributed by atoms with E-state index in [1.165, 1.54) is 12.1 Å². The molecule has 2 N–H and O–H groups in total. The predicted octanol–water partition coefficient (Wildman–Crippen LogP) is 5.03. The molecule has 0 bridgehead atoms. The van der Waals surface area contributed by atoms with E-state index in [1.54, 1.807) is 12.1 Å². The van der Waals surface area contributed by atoms with Gasteiger partial charge in [0.05, 0.1) is 0 Å². The molecule has 0 spiro atoms. The SMILES string of the molecule is Cc1nc(Nc2ccc(F)cc2)cc(Nc2c(C)cccc2C)n1. The summed E-state index contributed by atoms with van der Waals surface area (Å²) in [7, 11) is 0. The second-order valence-corrected chi connectivity index (χ2v) is 5.71. The van der Waals surface area contributed by atoms with Gasteiger partial charge in [0.2, 0.25) is 0 Å². The highest BCUT2D eigenvalue weighted by molar-refractivity contribution is 5.67. The van der Waals surface area contributed by atoms with Crippen LogP contribution in [-0.2, 0) is 0 Å². The Balaban J connectivity index is 1.87. The van der Waals surface area contributed by atoms with E-state index >= 15 is 0 Å². The lowest BCUT2D eigenvalue weighted by Crippen LogP contribution is -2.03. The van der Waals surface area contributed by atoms with Gasteiger partial charge in [-0.25, -0.2) is 14.4 Å². The molecule has 0 aliphatic heterocycles. The Kier molecular flexibility index (Phi) is 4.42. The fourth-order valence-corrected chi connectivity index (χ4v) is 2.52. The third-order valence-corrected chi connectivity index (χ3v) is 3.69. The van der Waals surface area contributed by atoms with Gasteiger partial charge in [-0.3, -0.25) is 0 Å². The number of nitrogens with zero attached hydrogens (tertiary/aromatic N) is 2. The highest BCUT2D eigenvalue weighted by Gasteiger charge is 2.07. The second kappa shape index (κ2) is 6.66. The first kappa shape index (κ1) is 15.9. The molecule has 2 aromatic carbocycles. The molecule has 0 radical (unpaired) electrons. The number of halogens is 1. The van der Waals surface area contributed by atoms with Gasteiger partial charge in [-0.1, -0.05) is 18.2 Å². The van der Waals surface area contributed by atoms with Gasteiger partial charge in [-0.15, -0.1) is 0 Å². The van der Waals surface area contributed by atoms with Gasteiger partial charge in [0.1, 0.15) is 23.3 Å². The van der Waals surface area contributed by atoms with Crippen molar-refractivity contribution in [3.05, 3.63) is 71.3 Å². The molecule has 0 saturated carbocycles. The monoisotopic (exact) mass is 322 g/mol. The molecule has 5 heteroatoms. The lowest BCUT2D eigenvalue weighted by Gasteiger charge is -2.14. The number of aromatic nitrogens is 2. The first-order valence-corrected chi connectivity index (χ1v) is 7.73. The average molecular weight is 322 g/mol. The molecule has 0 unspecified atom stereocenters. The molecule has 4 nitrogen and oxygen atoms in total. The van der Waals surface area contributed by atoms with E-state index in [2.05, 4.69) is 46.6 Å². The molecule has 0 atom stereocenters. The maximum absolute atomic E-state index is 13.0. The Morgan fingerprint density at radius 2 is 1.38 bits per heavy atom. The van der Waals surface area contributed by atoms with Crippen LogP contribution >= 0.6 is 0 Å². The molecular weight excluding hydrogens is 303 g/mol. The van der Waals surface area contributed by atoms with E-state index in [1.807, 2.05) is 19.1 Å². The van der Waals surface area contributed by atoms with Crippen LogP contribution in [0.1, 0.15) is 17.0 Å². The van der Waals surface area contributed by atoms with Crippen molar-refractivity contribution in [2.75, 3.05) is 10.6 Å². The zero-order chi connectivity index (χ0) is 17.1. The topological polar surface area (TPSA) is 49.8 Å². The van der Waals surface area contributed by atoms with Crippen molar-refractivity contribution >= 4 is 23.0 Å². The van der Waals surface area contributed by atoms with Crippen molar-refractivity contribution in [3.63, 3.8) is 0 Å². The van der Waals surface area contributed by atoms with Crippen LogP contribution in [0.15, 0.2) is 48.5 Å². The van der Waals surface area contributed by atoms with E-state index < -0.39 is 0 Å². The Hall–Kier alpha value is -2.95. The zero-order valence-electron chi connectivity index (χ0n) is 13.9. The largest absolute Gasteiger partial charge is 0.340 e. The van der Waals surface area contributed by atoms with Gasteiger partial charge in [0, 0.05) is 17.4 Å². The Labute approximate surface area is 140 Å². The minimum absolute atomic E-state index is 0.267. The number of nitrogens with one attached hydrogen (secondary N) is 2. The first-order valence-electron chi connectivity index (χ1n) is 7.73. The predicted molar refractivity (Wildman–Crippen MR) is 95.7 cm³/mol. The molecule has 0 amide bonds. The number of rotatable bonds is 4. The molecule has 1 aromatic heterocycles. The lowest BCUT2D eigenvalue weighted by atomic mass is 10.1. The summed E-state index contributed by atoms with van der Waals surface area (Å²) in [5, 5.41) is 6.54. The quantitative estimate of drug-likeness (QED) is 0.707. The molecule has 3 aromatic rings. The molecule has 0 fully saturated rings. The third kappa shape index (κ3) is 3.68. The number of para-hydroxylation sites is 1. The normalized spacial score (nSPS) is 10.5. The summed E-state index contributed by atoms with van der Waals surface area (Å²) >= 11 is 0. The Bertz CT molecular complexity index is 839. The highest BCUT2D eigenvalue weighted by atomic mass is 19.1. The summed E-state index contributed by atoms with van der Waals surface area (Å²) in [4.78, 5) is 8.83. The van der Waals surface area contributed by atoms with Crippen molar-refractivity contribution in [1.29, 1.82) is 0 Å².